The molecule has 3 heterocycles. The highest BCUT2D eigenvalue weighted by atomic mass is 15.3. The number of nitrogens with one attached hydrogen (secondary N) is 2. The summed E-state index contributed by atoms with van der Waals surface area (Å²) < 4.78 is 1.76. The van der Waals surface area contributed by atoms with Crippen molar-refractivity contribution in [2.24, 2.45) is 4.99 Å². The van der Waals surface area contributed by atoms with E-state index in [-0.39, 0.29) is 0 Å². The van der Waals surface area contributed by atoms with E-state index in [2.05, 4.69) is 62.9 Å². The number of likely N-dealkylation sites (tertiary alicyclic amines) is 1. The van der Waals surface area contributed by atoms with Gasteiger partial charge in [-0.25, -0.2) is 14.7 Å². The number of guanidine groups is 1. The normalized spacial score (nSPS) is 15.7. The van der Waals surface area contributed by atoms with Gasteiger partial charge in [0.1, 0.15) is 0 Å². The summed E-state index contributed by atoms with van der Waals surface area (Å²) in [6.45, 7) is 6.77. The Balaban J connectivity index is 1.31. The van der Waals surface area contributed by atoms with Crippen LogP contribution >= 0.6 is 0 Å². The van der Waals surface area contributed by atoms with Crippen LogP contribution < -0.4 is 10.6 Å². The Morgan fingerprint density at radius 2 is 1.90 bits per heavy atom. The molecule has 1 aromatic carbocycles. The van der Waals surface area contributed by atoms with Crippen molar-refractivity contribution in [3.8, 4) is 5.82 Å². The minimum absolute atomic E-state index is 0.446. The van der Waals surface area contributed by atoms with Crippen LogP contribution in [-0.2, 0) is 13.1 Å². The predicted molar refractivity (Wildman–Crippen MR) is 124 cm³/mol. The molecule has 7 nitrogen and oxygen atoms in total. The van der Waals surface area contributed by atoms with Gasteiger partial charge in [0.05, 0.1) is 6.54 Å². The van der Waals surface area contributed by atoms with Crippen molar-refractivity contribution in [1.82, 2.24) is 30.3 Å². The average molecular weight is 418 g/mol. The molecular weight excluding hydrogens is 386 g/mol. The maximum Gasteiger partial charge on any atom is 0.191 e. The second-order valence-corrected chi connectivity index (χ2v) is 7.85. The summed E-state index contributed by atoms with van der Waals surface area (Å²) >= 11 is 0. The van der Waals surface area contributed by atoms with E-state index in [1.165, 1.54) is 5.56 Å². The predicted octanol–water partition coefficient (Wildman–Crippen LogP) is 2.99. The largest absolute Gasteiger partial charge is 0.357 e. The van der Waals surface area contributed by atoms with Gasteiger partial charge in [-0.1, -0.05) is 30.3 Å². The molecule has 2 aromatic heterocycles. The lowest BCUT2D eigenvalue weighted by atomic mass is 10.0. The molecule has 0 spiro atoms. The van der Waals surface area contributed by atoms with E-state index >= 15 is 0 Å². The SMILES string of the molecule is CCNC(=NCc1ccnc(-n2cccn2)c1)NC1CCN(Cc2ccccc2)CC1. The summed E-state index contributed by atoms with van der Waals surface area (Å²) in [4.78, 5) is 11.7. The number of aliphatic imine (C=N–C) groups is 1. The summed E-state index contributed by atoms with van der Waals surface area (Å²) in [5, 5.41) is 11.3. The van der Waals surface area contributed by atoms with E-state index in [1.54, 1.807) is 10.9 Å². The highest BCUT2D eigenvalue weighted by molar-refractivity contribution is 5.80. The molecule has 162 valence electrons. The average Bonchev–Trinajstić information content (AvgIpc) is 3.35. The van der Waals surface area contributed by atoms with Crippen molar-refractivity contribution in [2.75, 3.05) is 19.6 Å². The zero-order valence-electron chi connectivity index (χ0n) is 18.1. The Kier molecular flexibility index (Phi) is 7.28. The van der Waals surface area contributed by atoms with Crippen molar-refractivity contribution in [3.63, 3.8) is 0 Å². The number of nitrogens with zero attached hydrogens (tertiary/aromatic N) is 5. The van der Waals surface area contributed by atoms with Gasteiger partial charge in [-0.2, -0.15) is 5.10 Å². The summed E-state index contributed by atoms with van der Waals surface area (Å²) in [6.07, 6.45) is 7.70. The third-order valence-corrected chi connectivity index (χ3v) is 5.49. The molecule has 2 N–H and O–H groups in total. The third kappa shape index (κ3) is 6.15. The number of aromatic nitrogens is 3. The minimum Gasteiger partial charge on any atom is -0.357 e. The fourth-order valence-corrected chi connectivity index (χ4v) is 3.85. The van der Waals surface area contributed by atoms with E-state index in [0.717, 1.165) is 56.4 Å². The fourth-order valence-electron chi connectivity index (χ4n) is 3.85. The van der Waals surface area contributed by atoms with Gasteiger partial charge >= 0.3 is 0 Å². The van der Waals surface area contributed by atoms with Crippen LogP contribution in [0.3, 0.4) is 0 Å². The number of benzene rings is 1. The van der Waals surface area contributed by atoms with Crippen molar-refractivity contribution in [1.29, 1.82) is 0 Å². The fraction of sp³-hybridized carbons (Fsp3) is 0.375. The third-order valence-electron chi connectivity index (χ3n) is 5.49. The zero-order chi connectivity index (χ0) is 21.3. The van der Waals surface area contributed by atoms with Crippen LogP contribution in [0.1, 0.15) is 30.9 Å². The number of hydrogen-bond acceptors (Lipinski definition) is 4. The lowest BCUT2D eigenvalue weighted by molar-refractivity contribution is 0.198. The van der Waals surface area contributed by atoms with Gasteiger partial charge in [0.15, 0.2) is 11.8 Å². The topological polar surface area (TPSA) is 70.4 Å². The second-order valence-electron chi connectivity index (χ2n) is 7.85. The van der Waals surface area contributed by atoms with E-state index in [9.17, 15) is 0 Å². The molecule has 0 bridgehead atoms. The Morgan fingerprint density at radius 1 is 1.06 bits per heavy atom. The lowest BCUT2D eigenvalue weighted by Crippen LogP contribution is -2.48. The van der Waals surface area contributed by atoms with Gasteiger partial charge in [-0.15, -0.1) is 0 Å². The van der Waals surface area contributed by atoms with Crippen LogP contribution in [0.15, 0.2) is 72.1 Å². The monoisotopic (exact) mass is 417 g/mol. The molecule has 3 aromatic rings. The highest BCUT2D eigenvalue weighted by Gasteiger charge is 2.20. The van der Waals surface area contributed by atoms with Gasteiger partial charge in [-0.3, -0.25) is 4.90 Å². The van der Waals surface area contributed by atoms with E-state index < -0.39 is 0 Å². The van der Waals surface area contributed by atoms with Crippen LogP contribution in [-0.4, -0.2) is 51.3 Å². The lowest BCUT2D eigenvalue weighted by Gasteiger charge is -2.33. The number of pyridine rings is 1. The Hall–Kier alpha value is -3.19. The zero-order valence-corrected chi connectivity index (χ0v) is 18.1. The van der Waals surface area contributed by atoms with Gasteiger partial charge < -0.3 is 10.6 Å². The van der Waals surface area contributed by atoms with Gasteiger partial charge in [0, 0.05) is 50.8 Å². The number of rotatable bonds is 7. The van der Waals surface area contributed by atoms with Crippen LogP contribution in [0.25, 0.3) is 5.82 Å². The maximum atomic E-state index is 4.81. The molecular formula is C24H31N7. The molecule has 31 heavy (non-hydrogen) atoms. The summed E-state index contributed by atoms with van der Waals surface area (Å²) in [7, 11) is 0. The molecule has 4 rings (SSSR count). The Bertz CT molecular complexity index is 945. The summed E-state index contributed by atoms with van der Waals surface area (Å²) in [6, 6.07) is 17.1. The molecule has 1 saturated heterocycles. The molecule has 0 unspecified atom stereocenters. The molecule has 1 fully saturated rings. The molecule has 0 atom stereocenters. The first-order valence-corrected chi connectivity index (χ1v) is 11.1. The molecule has 1 aliphatic heterocycles. The molecule has 0 saturated carbocycles. The van der Waals surface area contributed by atoms with Gasteiger partial charge in [-0.05, 0) is 49.1 Å². The van der Waals surface area contributed by atoms with E-state index in [4.69, 9.17) is 4.99 Å². The molecule has 1 aliphatic rings. The number of piperidine rings is 1. The Labute approximate surface area is 184 Å². The van der Waals surface area contributed by atoms with Crippen molar-refractivity contribution < 1.29 is 0 Å². The van der Waals surface area contributed by atoms with Crippen molar-refractivity contribution in [2.45, 2.75) is 38.9 Å². The van der Waals surface area contributed by atoms with E-state index in [0.29, 0.717) is 12.6 Å². The Morgan fingerprint density at radius 3 is 2.65 bits per heavy atom. The molecule has 0 radical (unpaired) electrons. The summed E-state index contributed by atoms with van der Waals surface area (Å²) in [5.41, 5.74) is 2.49. The maximum absolute atomic E-state index is 4.81. The van der Waals surface area contributed by atoms with Crippen LogP contribution in [0.2, 0.25) is 0 Å². The van der Waals surface area contributed by atoms with Crippen LogP contribution in [0.5, 0.6) is 0 Å². The molecule has 7 heteroatoms. The van der Waals surface area contributed by atoms with Gasteiger partial charge in [0.2, 0.25) is 0 Å². The summed E-state index contributed by atoms with van der Waals surface area (Å²) in [5.74, 6) is 1.68. The first kappa shape index (κ1) is 21.1. The highest BCUT2D eigenvalue weighted by Crippen LogP contribution is 2.14. The standard InChI is InChI=1S/C24H31N7/c1-2-25-24(27-18-21-9-13-26-23(17-21)31-14-6-12-28-31)29-22-10-15-30(16-11-22)19-20-7-4-3-5-8-20/h3-9,12-14,17,22H,2,10-11,15-16,18-19H2,1H3,(H2,25,27,29). The van der Waals surface area contributed by atoms with Crippen LogP contribution in [0, 0.1) is 0 Å². The quantitative estimate of drug-likeness (QED) is 0.457. The molecule has 0 aliphatic carbocycles. The molecule has 0 amide bonds. The van der Waals surface area contributed by atoms with Gasteiger partial charge in [0.25, 0.3) is 0 Å². The van der Waals surface area contributed by atoms with E-state index in [1.807, 2.05) is 30.6 Å². The van der Waals surface area contributed by atoms with Crippen LogP contribution in [0.4, 0.5) is 0 Å². The smallest absolute Gasteiger partial charge is 0.191 e. The first-order valence-electron chi connectivity index (χ1n) is 11.1. The van der Waals surface area contributed by atoms with Crippen molar-refractivity contribution >= 4 is 5.96 Å². The number of hydrogen-bond donors (Lipinski definition) is 2. The minimum atomic E-state index is 0.446. The van der Waals surface area contributed by atoms with Crippen molar-refractivity contribution in [3.05, 3.63) is 78.2 Å². The first-order chi connectivity index (χ1) is 15.3. The second kappa shape index (κ2) is 10.7.